The molecule has 0 bridgehead atoms. The number of hydrogen-bond acceptors (Lipinski definition) is 3. The Morgan fingerprint density at radius 2 is 2.33 bits per heavy atom. The zero-order valence-corrected chi connectivity index (χ0v) is 9.71. The van der Waals surface area contributed by atoms with Gasteiger partial charge in [0.15, 0.2) is 11.6 Å². The lowest BCUT2D eigenvalue weighted by Gasteiger charge is -2.19. The first-order valence-corrected chi connectivity index (χ1v) is 5.77. The molecule has 1 amide bonds. The minimum Gasteiger partial charge on any atom is -0.297 e. The standard InChI is InChI=1S/C10H13FN2OS/c1-7(15-3)10(14)13(2)9-8(11)5-4-6-12-9/h4-7H,1-3H3. The molecule has 1 heterocycles. The molecule has 0 aromatic carbocycles. The maximum absolute atomic E-state index is 13.3. The number of halogens is 1. The molecule has 0 fully saturated rings. The van der Waals surface area contributed by atoms with Crippen molar-refractivity contribution in [2.45, 2.75) is 12.2 Å². The minimum absolute atomic E-state index is 0.0726. The summed E-state index contributed by atoms with van der Waals surface area (Å²) in [5.74, 6) is -0.565. The van der Waals surface area contributed by atoms with E-state index in [2.05, 4.69) is 4.98 Å². The van der Waals surface area contributed by atoms with Crippen molar-refractivity contribution in [3.05, 3.63) is 24.1 Å². The van der Waals surface area contributed by atoms with Gasteiger partial charge in [0.25, 0.3) is 0 Å². The minimum atomic E-state index is -0.485. The van der Waals surface area contributed by atoms with Gasteiger partial charge >= 0.3 is 0 Å². The number of thioether (sulfide) groups is 1. The molecule has 1 rings (SSSR count). The maximum Gasteiger partial charge on any atom is 0.240 e. The number of aromatic nitrogens is 1. The Kier molecular flexibility index (Phi) is 4.08. The fraction of sp³-hybridized carbons (Fsp3) is 0.400. The molecule has 1 unspecified atom stereocenters. The number of anilines is 1. The van der Waals surface area contributed by atoms with Gasteiger partial charge in [0, 0.05) is 13.2 Å². The molecule has 0 saturated heterocycles. The summed E-state index contributed by atoms with van der Waals surface area (Å²) in [5, 5.41) is -0.198. The highest BCUT2D eigenvalue weighted by molar-refractivity contribution is 7.99. The molecule has 0 N–H and O–H groups in total. The van der Waals surface area contributed by atoms with E-state index >= 15 is 0 Å². The maximum atomic E-state index is 13.3. The number of hydrogen-bond donors (Lipinski definition) is 0. The molecule has 0 saturated carbocycles. The summed E-state index contributed by atoms with van der Waals surface area (Å²) in [5.41, 5.74) is 0. The van der Waals surface area contributed by atoms with E-state index in [1.54, 1.807) is 6.92 Å². The number of carbonyl (C=O) groups excluding carboxylic acids is 1. The van der Waals surface area contributed by atoms with Crippen LogP contribution in [0.1, 0.15) is 6.92 Å². The summed E-state index contributed by atoms with van der Waals surface area (Å²) in [6, 6.07) is 2.78. The third-order valence-corrected chi connectivity index (χ3v) is 3.00. The van der Waals surface area contributed by atoms with Crippen LogP contribution in [-0.2, 0) is 4.79 Å². The Labute approximate surface area is 92.7 Å². The van der Waals surface area contributed by atoms with Gasteiger partial charge < -0.3 is 0 Å². The lowest BCUT2D eigenvalue weighted by atomic mass is 10.3. The second kappa shape index (κ2) is 5.11. The van der Waals surface area contributed by atoms with Gasteiger partial charge in [0.2, 0.25) is 5.91 Å². The largest absolute Gasteiger partial charge is 0.297 e. The smallest absolute Gasteiger partial charge is 0.240 e. The van der Waals surface area contributed by atoms with Gasteiger partial charge in [0.05, 0.1) is 5.25 Å². The number of nitrogens with zero attached hydrogens (tertiary/aromatic N) is 2. The molecule has 0 aliphatic heterocycles. The van der Waals surface area contributed by atoms with Crippen LogP contribution in [0.5, 0.6) is 0 Å². The predicted molar refractivity (Wildman–Crippen MR) is 60.6 cm³/mol. The van der Waals surface area contributed by atoms with E-state index in [0.29, 0.717) is 0 Å². The van der Waals surface area contributed by atoms with Crippen molar-refractivity contribution < 1.29 is 9.18 Å². The fourth-order valence-corrected chi connectivity index (χ4v) is 1.46. The number of amides is 1. The Hall–Kier alpha value is -1.10. The van der Waals surface area contributed by atoms with Crippen molar-refractivity contribution in [3.63, 3.8) is 0 Å². The Morgan fingerprint density at radius 1 is 1.67 bits per heavy atom. The van der Waals surface area contributed by atoms with E-state index in [1.165, 1.54) is 42.0 Å². The van der Waals surface area contributed by atoms with Crippen LogP contribution in [0.3, 0.4) is 0 Å². The molecule has 0 radical (unpaired) electrons. The van der Waals surface area contributed by atoms with Crippen LogP contribution in [0.2, 0.25) is 0 Å². The molecular formula is C10H13FN2OS. The van der Waals surface area contributed by atoms with Gasteiger partial charge in [-0.1, -0.05) is 0 Å². The van der Waals surface area contributed by atoms with Gasteiger partial charge in [-0.2, -0.15) is 11.8 Å². The highest BCUT2D eigenvalue weighted by Gasteiger charge is 2.20. The topological polar surface area (TPSA) is 33.2 Å². The van der Waals surface area contributed by atoms with Crippen LogP contribution in [0, 0.1) is 5.82 Å². The second-order valence-corrected chi connectivity index (χ2v) is 4.26. The Balaban J connectivity index is 2.90. The molecular weight excluding hydrogens is 215 g/mol. The van der Waals surface area contributed by atoms with Crippen LogP contribution in [-0.4, -0.2) is 29.4 Å². The van der Waals surface area contributed by atoms with Crippen molar-refractivity contribution >= 4 is 23.5 Å². The van der Waals surface area contributed by atoms with E-state index in [9.17, 15) is 9.18 Å². The van der Waals surface area contributed by atoms with E-state index < -0.39 is 5.82 Å². The highest BCUT2D eigenvalue weighted by Crippen LogP contribution is 2.17. The van der Waals surface area contributed by atoms with Gasteiger partial charge in [-0.05, 0) is 25.3 Å². The van der Waals surface area contributed by atoms with Crippen molar-refractivity contribution in [3.8, 4) is 0 Å². The molecule has 0 spiro atoms. The number of carbonyl (C=O) groups is 1. The molecule has 15 heavy (non-hydrogen) atoms. The quantitative estimate of drug-likeness (QED) is 0.792. The van der Waals surface area contributed by atoms with E-state index in [-0.39, 0.29) is 17.0 Å². The van der Waals surface area contributed by atoms with Crippen LogP contribution < -0.4 is 4.90 Å². The van der Waals surface area contributed by atoms with Crippen molar-refractivity contribution in [2.75, 3.05) is 18.2 Å². The Morgan fingerprint density at radius 3 is 2.87 bits per heavy atom. The van der Waals surface area contributed by atoms with Crippen LogP contribution in [0.15, 0.2) is 18.3 Å². The van der Waals surface area contributed by atoms with Crippen molar-refractivity contribution in [1.82, 2.24) is 4.98 Å². The summed E-state index contributed by atoms with van der Waals surface area (Å²) in [4.78, 5) is 16.8. The molecule has 1 aromatic rings. The molecule has 1 atom stereocenters. The number of rotatable bonds is 3. The van der Waals surface area contributed by atoms with Crippen molar-refractivity contribution in [1.29, 1.82) is 0 Å². The first-order chi connectivity index (χ1) is 7.07. The third kappa shape index (κ3) is 2.68. The van der Waals surface area contributed by atoms with Gasteiger partial charge in [0.1, 0.15) is 0 Å². The highest BCUT2D eigenvalue weighted by atomic mass is 32.2. The summed E-state index contributed by atoms with van der Waals surface area (Å²) in [6.45, 7) is 1.78. The average molecular weight is 228 g/mol. The van der Waals surface area contributed by atoms with E-state index in [0.717, 1.165) is 0 Å². The zero-order valence-electron chi connectivity index (χ0n) is 8.90. The monoisotopic (exact) mass is 228 g/mol. The lowest BCUT2D eigenvalue weighted by Crippen LogP contribution is -2.34. The third-order valence-electron chi connectivity index (χ3n) is 2.09. The molecule has 82 valence electrons. The lowest BCUT2D eigenvalue weighted by molar-refractivity contribution is -0.117. The second-order valence-electron chi connectivity index (χ2n) is 3.08. The first kappa shape index (κ1) is 12.0. The summed E-state index contributed by atoms with van der Waals surface area (Å²) in [6.07, 6.45) is 3.30. The predicted octanol–water partition coefficient (Wildman–Crippen LogP) is 1.94. The molecule has 3 nitrogen and oxygen atoms in total. The van der Waals surface area contributed by atoms with Gasteiger partial charge in [-0.25, -0.2) is 9.37 Å². The molecule has 1 aromatic heterocycles. The molecule has 0 aliphatic rings. The summed E-state index contributed by atoms with van der Waals surface area (Å²) in [7, 11) is 1.53. The zero-order chi connectivity index (χ0) is 11.4. The summed E-state index contributed by atoms with van der Waals surface area (Å²) < 4.78 is 13.3. The number of pyridine rings is 1. The van der Waals surface area contributed by atoms with E-state index in [1.807, 2.05) is 6.26 Å². The van der Waals surface area contributed by atoms with Crippen LogP contribution >= 0.6 is 11.8 Å². The molecule has 0 aliphatic carbocycles. The summed E-state index contributed by atoms with van der Waals surface area (Å²) >= 11 is 1.42. The van der Waals surface area contributed by atoms with Crippen LogP contribution in [0.25, 0.3) is 0 Å². The average Bonchev–Trinajstić information content (AvgIpc) is 2.26. The SMILES string of the molecule is CSC(C)C(=O)N(C)c1ncccc1F. The fourth-order valence-electron chi connectivity index (χ4n) is 1.10. The van der Waals surface area contributed by atoms with Crippen LogP contribution in [0.4, 0.5) is 10.2 Å². The van der Waals surface area contributed by atoms with Crippen molar-refractivity contribution in [2.24, 2.45) is 0 Å². The normalized spacial score (nSPS) is 12.3. The van der Waals surface area contributed by atoms with Gasteiger partial charge in [-0.15, -0.1) is 0 Å². The van der Waals surface area contributed by atoms with E-state index in [4.69, 9.17) is 0 Å². The first-order valence-electron chi connectivity index (χ1n) is 4.48. The molecule has 5 heteroatoms. The van der Waals surface area contributed by atoms with Gasteiger partial charge in [-0.3, -0.25) is 9.69 Å². The Bertz CT molecular complexity index is 359.